The molecule has 0 spiro atoms. The molecule has 1 aliphatic rings. The van der Waals surface area contributed by atoms with Crippen molar-refractivity contribution in [1.29, 1.82) is 0 Å². The van der Waals surface area contributed by atoms with Crippen LogP contribution >= 0.6 is 0 Å². The minimum Gasteiger partial charge on any atom is -0.491 e. The molecule has 26 heavy (non-hydrogen) atoms. The third kappa shape index (κ3) is 2.96. The molecule has 1 amide bonds. The highest BCUT2D eigenvalue weighted by molar-refractivity contribution is 5.98. The molecule has 1 aromatic heterocycles. The number of nitrogens with zero attached hydrogens (tertiary/aromatic N) is 1. The number of H-pyrrole nitrogens is 1. The molecule has 132 valence electrons. The summed E-state index contributed by atoms with van der Waals surface area (Å²) in [7, 11) is 0. The number of amides is 1. The van der Waals surface area contributed by atoms with Crippen LogP contribution in [0.3, 0.4) is 0 Å². The van der Waals surface area contributed by atoms with Crippen LogP contribution in [0, 0.1) is 13.8 Å². The molecule has 5 heteroatoms. The summed E-state index contributed by atoms with van der Waals surface area (Å²) in [5.74, 6) is 0.660. The van der Waals surface area contributed by atoms with Gasteiger partial charge in [-0.1, -0.05) is 24.3 Å². The third-order valence-corrected chi connectivity index (χ3v) is 4.99. The Balaban J connectivity index is 1.66. The predicted molar refractivity (Wildman–Crippen MR) is 101 cm³/mol. The molecule has 5 nitrogen and oxygen atoms in total. The lowest BCUT2D eigenvalue weighted by Gasteiger charge is -2.16. The van der Waals surface area contributed by atoms with Crippen molar-refractivity contribution < 1.29 is 9.53 Å². The lowest BCUT2D eigenvalue weighted by Crippen LogP contribution is -2.24. The summed E-state index contributed by atoms with van der Waals surface area (Å²) in [4.78, 5) is 12.3. The van der Waals surface area contributed by atoms with Gasteiger partial charge in [-0.15, -0.1) is 0 Å². The van der Waals surface area contributed by atoms with Crippen LogP contribution in [-0.4, -0.2) is 29.3 Å². The first kappa shape index (κ1) is 16.4. The molecule has 2 N–H and O–H groups in total. The molecule has 0 bridgehead atoms. The van der Waals surface area contributed by atoms with Gasteiger partial charge in [0, 0.05) is 6.20 Å². The Morgan fingerprint density at radius 3 is 2.65 bits per heavy atom. The Bertz CT molecular complexity index is 944. The second-order valence-electron chi connectivity index (χ2n) is 6.61. The number of aromatic amines is 1. The molecule has 3 aromatic rings. The van der Waals surface area contributed by atoms with Gasteiger partial charge in [-0.3, -0.25) is 9.89 Å². The average molecular weight is 347 g/mol. The van der Waals surface area contributed by atoms with Crippen LogP contribution in [0.4, 0.5) is 0 Å². The fourth-order valence-corrected chi connectivity index (χ4v) is 3.35. The second-order valence-corrected chi connectivity index (χ2v) is 6.61. The molecule has 1 aliphatic heterocycles. The number of carbonyl (C=O) groups is 1. The number of aromatic nitrogens is 2. The highest BCUT2D eigenvalue weighted by atomic mass is 16.5. The number of benzene rings is 2. The van der Waals surface area contributed by atoms with E-state index in [0.717, 1.165) is 34.6 Å². The molecule has 2 heterocycles. The summed E-state index contributed by atoms with van der Waals surface area (Å²) in [6, 6.07) is 12.3. The SMILES string of the molecule is Cc1c(Cc2ccc(-c3ccn[nH]3)cc2)cc2c(c1C)OCCNC2=O. The molecule has 2 aromatic carbocycles. The molecule has 0 unspecified atom stereocenters. The van der Waals surface area contributed by atoms with Crippen molar-refractivity contribution in [2.75, 3.05) is 13.2 Å². The Kier molecular flexibility index (Phi) is 4.21. The van der Waals surface area contributed by atoms with Gasteiger partial charge >= 0.3 is 0 Å². The maximum atomic E-state index is 12.3. The van der Waals surface area contributed by atoms with E-state index in [0.29, 0.717) is 18.7 Å². The van der Waals surface area contributed by atoms with Gasteiger partial charge in [0.1, 0.15) is 12.4 Å². The molecule has 4 rings (SSSR count). The highest BCUT2D eigenvalue weighted by Gasteiger charge is 2.21. The standard InChI is InChI=1S/C21H21N3O2/c1-13-14(2)20-18(21(25)22-9-10-26-20)12-17(13)11-15-3-5-16(6-4-15)19-7-8-23-24-19/h3-8,12H,9-11H2,1-2H3,(H,22,25)(H,23,24). The first-order valence-corrected chi connectivity index (χ1v) is 8.76. The molecule has 0 radical (unpaired) electrons. The molecule has 0 aliphatic carbocycles. The van der Waals surface area contributed by atoms with Crippen LogP contribution in [-0.2, 0) is 6.42 Å². The summed E-state index contributed by atoms with van der Waals surface area (Å²) < 4.78 is 5.80. The molecule has 0 fully saturated rings. The largest absolute Gasteiger partial charge is 0.491 e. The van der Waals surface area contributed by atoms with Crippen LogP contribution in [0.25, 0.3) is 11.3 Å². The first-order chi connectivity index (χ1) is 12.6. The Morgan fingerprint density at radius 2 is 1.92 bits per heavy atom. The van der Waals surface area contributed by atoms with E-state index >= 15 is 0 Å². The number of hydrogen-bond acceptors (Lipinski definition) is 3. The summed E-state index contributed by atoms with van der Waals surface area (Å²) in [6.45, 7) is 5.16. The fraction of sp³-hybridized carbons (Fsp3) is 0.238. The van der Waals surface area contributed by atoms with E-state index in [9.17, 15) is 4.79 Å². The Hall–Kier alpha value is -3.08. The smallest absolute Gasteiger partial charge is 0.255 e. The van der Waals surface area contributed by atoms with Crippen molar-refractivity contribution in [3.8, 4) is 17.0 Å². The molecule has 0 saturated heterocycles. The molecular formula is C21H21N3O2. The van der Waals surface area contributed by atoms with E-state index in [1.54, 1.807) is 6.20 Å². The summed E-state index contributed by atoms with van der Waals surface area (Å²) in [5, 5.41) is 9.86. The quantitative estimate of drug-likeness (QED) is 0.763. The highest BCUT2D eigenvalue weighted by Crippen LogP contribution is 2.31. The van der Waals surface area contributed by atoms with Crippen molar-refractivity contribution in [1.82, 2.24) is 15.5 Å². The van der Waals surface area contributed by atoms with E-state index < -0.39 is 0 Å². The van der Waals surface area contributed by atoms with E-state index in [1.807, 2.05) is 19.1 Å². The van der Waals surface area contributed by atoms with Gasteiger partial charge < -0.3 is 10.1 Å². The van der Waals surface area contributed by atoms with E-state index in [1.165, 1.54) is 11.1 Å². The van der Waals surface area contributed by atoms with Crippen LogP contribution in [0.2, 0.25) is 0 Å². The lowest BCUT2D eigenvalue weighted by atomic mass is 9.93. The molecule has 0 atom stereocenters. The normalized spacial score (nSPS) is 13.5. The minimum atomic E-state index is -0.0588. The maximum absolute atomic E-state index is 12.3. The zero-order valence-electron chi connectivity index (χ0n) is 14.9. The number of hydrogen-bond donors (Lipinski definition) is 2. The van der Waals surface area contributed by atoms with Crippen molar-refractivity contribution >= 4 is 5.91 Å². The van der Waals surface area contributed by atoms with Gasteiger partial charge in [0.25, 0.3) is 5.91 Å². The zero-order chi connectivity index (χ0) is 18.1. The zero-order valence-corrected chi connectivity index (χ0v) is 14.9. The van der Waals surface area contributed by atoms with Crippen molar-refractivity contribution in [3.05, 3.63) is 70.4 Å². The number of ether oxygens (including phenoxy) is 1. The van der Waals surface area contributed by atoms with Gasteiger partial charge in [0.15, 0.2) is 0 Å². The first-order valence-electron chi connectivity index (χ1n) is 8.76. The van der Waals surface area contributed by atoms with Crippen LogP contribution < -0.4 is 10.1 Å². The van der Waals surface area contributed by atoms with Gasteiger partial charge in [0.05, 0.1) is 17.8 Å². The van der Waals surface area contributed by atoms with E-state index in [4.69, 9.17) is 4.74 Å². The van der Waals surface area contributed by atoms with Gasteiger partial charge in [-0.05, 0) is 60.2 Å². The average Bonchev–Trinajstić information content (AvgIpc) is 3.12. The topological polar surface area (TPSA) is 67.0 Å². The van der Waals surface area contributed by atoms with Crippen LogP contribution in [0.1, 0.15) is 32.6 Å². The Labute approximate surface area is 152 Å². The number of fused-ring (bicyclic) bond motifs is 1. The van der Waals surface area contributed by atoms with Crippen molar-refractivity contribution in [2.45, 2.75) is 20.3 Å². The van der Waals surface area contributed by atoms with E-state index in [-0.39, 0.29) is 5.91 Å². The second kappa shape index (κ2) is 6.67. The van der Waals surface area contributed by atoms with Crippen LogP contribution in [0.15, 0.2) is 42.6 Å². The minimum absolute atomic E-state index is 0.0588. The van der Waals surface area contributed by atoms with Gasteiger partial charge in [-0.25, -0.2) is 0 Å². The van der Waals surface area contributed by atoms with Crippen LogP contribution in [0.5, 0.6) is 5.75 Å². The molecular weight excluding hydrogens is 326 g/mol. The molecule has 0 saturated carbocycles. The number of carbonyl (C=O) groups excluding carboxylic acids is 1. The predicted octanol–water partition coefficient (Wildman–Crippen LogP) is 3.41. The number of rotatable bonds is 3. The third-order valence-electron chi connectivity index (χ3n) is 4.99. The summed E-state index contributed by atoms with van der Waals surface area (Å²) >= 11 is 0. The van der Waals surface area contributed by atoms with Crippen molar-refractivity contribution in [2.24, 2.45) is 0 Å². The lowest BCUT2D eigenvalue weighted by molar-refractivity contribution is 0.0957. The van der Waals surface area contributed by atoms with E-state index in [2.05, 4.69) is 46.7 Å². The monoisotopic (exact) mass is 347 g/mol. The Morgan fingerprint density at radius 1 is 1.12 bits per heavy atom. The fourth-order valence-electron chi connectivity index (χ4n) is 3.35. The summed E-state index contributed by atoms with van der Waals surface area (Å²) in [5.41, 5.74) is 7.31. The summed E-state index contributed by atoms with van der Waals surface area (Å²) in [6.07, 6.45) is 2.52. The number of nitrogens with one attached hydrogen (secondary N) is 2. The van der Waals surface area contributed by atoms with Gasteiger partial charge in [-0.2, -0.15) is 5.10 Å². The maximum Gasteiger partial charge on any atom is 0.255 e. The van der Waals surface area contributed by atoms with Crippen molar-refractivity contribution in [3.63, 3.8) is 0 Å². The van der Waals surface area contributed by atoms with Gasteiger partial charge in [0.2, 0.25) is 0 Å².